The Morgan fingerprint density at radius 3 is 2.79 bits per heavy atom. The van der Waals surface area contributed by atoms with Crippen LogP contribution in [0.15, 0.2) is 11.6 Å². The van der Waals surface area contributed by atoms with Crippen LogP contribution in [0.1, 0.15) is 19.3 Å². The van der Waals surface area contributed by atoms with Gasteiger partial charge in [-0.2, -0.15) is 0 Å². The Kier molecular flexibility index (Phi) is 3.28. The van der Waals surface area contributed by atoms with Crippen LogP contribution >= 0.6 is 0 Å². The van der Waals surface area contributed by atoms with Gasteiger partial charge in [0.2, 0.25) is 10.0 Å². The molecule has 2 N–H and O–H groups in total. The lowest BCUT2D eigenvalue weighted by Gasteiger charge is -2.20. The number of carbonyl (C=O) groups is 1. The van der Waals surface area contributed by atoms with Crippen molar-refractivity contribution in [3.63, 3.8) is 0 Å². The van der Waals surface area contributed by atoms with Crippen LogP contribution in [0.5, 0.6) is 0 Å². The number of carboxylic acid groups (broad SMARTS) is 1. The van der Waals surface area contributed by atoms with Crippen molar-refractivity contribution in [3.05, 3.63) is 11.6 Å². The summed E-state index contributed by atoms with van der Waals surface area (Å²) in [5.74, 6) is -1.14. The fraction of sp³-hybridized carbons (Fsp3) is 0.625. The summed E-state index contributed by atoms with van der Waals surface area (Å²) in [4.78, 5) is 10.8. The molecule has 0 spiro atoms. The van der Waals surface area contributed by atoms with Crippen molar-refractivity contribution >= 4 is 16.0 Å². The van der Waals surface area contributed by atoms with E-state index in [1.165, 1.54) is 13.1 Å². The Morgan fingerprint density at radius 1 is 1.64 bits per heavy atom. The molecular weight excluding hydrogens is 206 g/mol. The van der Waals surface area contributed by atoms with Crippen molar-refractivity contribution in [3.8, 4) is 0 Å². The maximum Gasteiger partial charge on any atom is 0.332 e. The van der Waals surface area contributed by atoms with E-state index in [2.05, 4.69) is 4.72 Å². The summed E-state index contributed by atoms with van der Waals surface area (Å²) in [6.45, 7) is 0. The molecule has 0 fully saturated rings. The highest BCUT2D eigenvalue weighted by molar-refractivity contribution is 7.90. The number of allylic oxidation sites excluding steroid dienone is 1. The molecule has 6 heteroatoms. The maximum atomic E-state index is 11.5. The second-order valence-corrected chi connectivity index (χ2v) is 5.20. The van der Waals surface area contributed by atoms with Gasteiger partial charge in [0.05, 0.1) is 5.57 Å². The predicted octanol–water partition coefficient (Wildman–Crippen LogP) is 0.0991. The highest BCUT2D eigenvalue weighted by Gasteiger charge is 2.32. The Bertz CT molecular complexity index is 358. The lowest BCUT2D eigenvalue weighted by molar-refractivity contribution is -0.132. The first-order valence-electron chi connectivity index (χ1n) is 4.34. The molecule has 0 amide bonds. The van der Waals surface area contributed by atoms with E-state index in [1.54, 1.807) is 0 Å². The van der Waals surface area contributed by atoms with Gasteiger partial charge in [0, 0.05) is 0 Å². The molecule has 0 aromatic carbocycles. The molecule has 0 saturated carbocycles. The van der Waals surface area contributed by atoms with Gasteiger partial charge in [-0.05, 0) is 26.3 Å². The number of sulfonamides is 1. The van der Waals surface area contributed by atoms with Crippen LogP contribution in [0.3, 0.4) is 0 Å². The smallest absolute Gasteiger partial charge is 0.332 e. The first-order valence-corrected chi connectivity index (χ1v) is 5.89. The average Bonchev–Trinajstić information content (AvgIpc) is 2.18. The minimum Gasteiger partial charge on any atom is -0.478 e. The highest BCUT2D eigenvalue weighted by atomic mass is 32.2. The summed E-state index contributed by atoms with van der Waals surface area (Å²) in [6, 6.07) is 0. The third kappa shape index (κ3) is 2.13. The zero-order chi connectivity index (χ0) is 10.8. The normalized spacial score (nSPS) is 22.9. The van der Waals surface area contributed by atoms with Crippen LogP contribution in [0.4, 0.5) is 0 Å². The molecule has 80 valence electrons. The quantitative estimate of drug-likeness (QED) is 0.705. The van der Waals surface area contributed by atoms with Gasteiger partial charge in [-0.1, -0.05) is 6.08 Å². The number of hydrogen-bond donors (Lipinski definition) is 2. The van der Waals surface area contributed by atoms with Crippen molar-refractivity contribution in [2.45, 2.75) is 24.5 Å². The predicted molar refractivity (Wildman–Crippen MR) is 51.3 cm³/mol. The summed E-state index contributed by atoms with van der Waals surface area (Å²) >= 11 is 0. The molecule has 1 aliphatic rings. The van der Waals surface area contributed by atoms with Crippen LogP contribution in [-0.2, 0) is 14.8 Å². The molecular formula is C8H13NO4S. The fourth-order valence-electron chi connectivity index (χ4n) is 1.54. The Balaban J connectivity index is 3.04. The van der Waals surface area contributed by atoms with E-state index in [0.717, 1.165) is 0 Å². The van der Waals surface area contributed by atoms with Crippen molar-refractivity contribution < 1.29 is 18.3 Å². The lowest BCUT2D eigenvalue weighted by Crippen LogP contribution is -2.36. The Morgan fingerprint density at radius 2 is 2.29 bits per heavy atom. The largest absolute Gasteiger partial charge is 0.478 e. The van der Waals surface area contributed by atoms with Gasteiger partial charge >= 0.3 is 5.97 Å². The number of aliphatic carboxylic acids is 1. The van der Waals surface area contributed by atoms with Crippen molar-refractivity contribution in [2.75, 3.05) is 7.05 Å². The SMILES string of the molecule is CNS(=O)(=O)C1CCCC=C1C(=O)O. The van der Waals surface area contributed by atoms with E-state index < -0.39 is 21.2 Å². The minimum atomic E-state index is -3.51. The third-order valence-corrected chi connectivity index (χ3v) is 4.10. The molecule has 0 heterocycles. The van der Waals surface area contributed by atoms with Crippen LogP contribution < -0.4 is 4.72 Å². The van der Waals surface area contributed by atoms with Gasteiger partial charge in [-0.15, -0.1) is 0 Å². The van der Waals surface area contributed by atoms with E-state index in [9.17, 15) is 13.2 Å². The van der Waals surface area contributed by atoms with Crippen LogP contribution in [0.25, 0.3) is 0 Å². The molecule has 5 nitrogen and oxygen atoms in total. The second-order valence-electron chi connectivity index (χ2n) is 3.13. The van der Waals surface area contributed by atoms with Gasteiger partial charge < -0.3 is 5.11 Å². The van der Waals surface area contributed by atoms with Crippen molar-refractivity contribution in [1.82, 2.24) is 4.72 Å². The molecule has 0 aliphatic heterocycles. The second kappa shape index (κ2) is 4.10. The summed E-state index contributed by atoms with van der Waals surface area (Å²) in [5, 5.41) is 7.90. The molecule has 14 heavy (non-hydrogen) atoms. The average molecular weight is 219 g/mol. The van der Waals surface area contributed by atoms with E-state index in [4.69, 9.17) is 5.11 Å². The fourth-order valence-corrected chi connectivity index (χ4v) is 2.83. The van der Waals surface area contributed by atoms with E-state index in [0.29, 0.717) is 19.3 Å². The van der Waals surface area contributed by atoms with E-state index in [1.807, 2.05) is 0 Å². The summed E-state index contributed by atoms with van der Waals surface area (Å²) in [7, 11) is -2.22. The lowest BCUT2D eigenvalue weighted by atomic mass is 9.99. The number of carboxylic acids is 1. The number of nitrogens with one attached hydrogen (secondary N) is 1. The van der Waals surface area contributed by atoms with E-state index in [-0.39, 0.29) is 5.57 Å². The van der Waals surface area contributed by atoms with Crippen LogP contribution in [-0.4, -0.2) is 31.8 Å². The zero-order valence-electron chi connectivity index (χ0n) is 7.86. The molecule has 0 aromatic rings. The van der Waals surface area contributed by atoms with Crippen molar-refractivity contribution in [1.29, 1.82) is 0 Å². The molecule has 1 unspecified atom stereocenters. The summed E-state index contributed by atoms with van der Waals surface area (Å²) < 4.78 is 25.1. The monoisotopic (exact) mass is 219 g/mol. The van der Waals surface area contributed by atoms with Gasteiger partial charge in [0.1, 0.15) is 5.25 Å². The highest BCUT2D eigenvalue weighted by Crippen LogP contribution is 2.24. The molecule has 0 aromatic heterocycles. The first-order chi connectivity index (χ1) is 6.49. The van der Waals surface area contributed by atoms with E-state index >= 15 is 0 Å². The van der Waals surface area contributed by atoms with Gasteiger partial charge in [0.25, 0.3) is 0 Å². The molecule has 0 radical (unpaired) electrons. The topological polar surface area (TPSA) is 83.5 Å². The Labute approximate surface area is 82.9 Å². The molecule has 1 atom stereocenters. The maximum absolute atomic E-state index is 11.5. The summed E-state index contributed by atoms with van der Waals surface area (Å²) in [5.41, 5.74) is -0.00870. The summed E-state index contributed by atoms with van der Waals surface area (Å²) in [6.07, 6.45) is 3.21. The molecule has 1 aliphatic carbocycles. The van der Waals surface area contributed by atoms with Gasteiger partial charge in [0.15, 0.2) is 0 Å². The van der Waals surface area contributed by atoms with Crippen molar-refractivity contribution in [2.24, 2.45) is 0 Å². The molecule has 0 saturated heterocycles. The third-order valence-electron chi connectivity index (χ3n) is 2.29. The standard InChI is InChI=1S/C8H13NO4S/c1-9-14(12,13)7-5-3-2-4-6(7)8(10)11/h4,7,9H,2-3,5H2,1H3,(H,10,11). The number of hydrogen-bond acceptors (Lipinski definition) is 3. The molecule has 1 rings (SSSR count). The number of rotatable bonds is 3. The first kappa shape index (κ1) is 11.2. The van der Waals surface area contributed by atoms with Crippen LogP contribution in [0, 0.1) is 0 Å². The Hall–Kier alpha value is -0.880. The zero-order valence-corrected chi connectivity index (χ0v) is 8.67. The van der Waals surface area contributed by atoms with Gasteiger partial charge in [-0.25, -0.2) is 17.9 Å². The minimum absolute atomic E-state index is 0.00870. The van der Waals surface area contributed by atoms with Crippen LogP contribution in [0.2, 0.25) is 0 Å². The van der Waals surface area contributed by atoms with Gasteiger partial charge in [-0.3, -0.25) is 0 Å². The molecule has 0 bridgehead atoms.